The van der Waals surface area contributed by atoms with Crippen molar-refractivity contribution in [3.63, 3.8) is 0 Å². The van der Waals surface area contributed by atoms with Gasteiger partial charge in [-0.15, -0.1) is 0 Å². The number of carbonyl (C=O) groups is 3. The Kier molecular flexibility index (Phi) is 6.28. The lowest BCUT2D eigenvalue weighted by atomic mass is 10.0. The van der Waals surface area contributed by atoms with E-state index in [2.05, 4.69) is 21.2 Å². The molecule has 0 spiro atoms. The summed E-state index contributed by atoms with van der Waals surface area (Å²) in [4.78, 5) is 39.1. The molecule has 1 fully saturated rings. The molecule has 1 saturated heterocycles. The predicted molar refractivity (Wildman–Crippen MR) is 112 cm³/mol. The molecule has 1 aromatic rings. The van der Waals surface area contributed by atoms with E-state index in [0.29, 0.717) is 10.9 Å². The van der Waals surface area contributed by atoms with Crippen LogP contribution in [0, 0.1) is 0 Å². The number of halogens is 1. The molecule has 3 rings (SSSR count). The average molecular weight is 483 g/mol. The molecule has 7 nitrogen and oxygen atoms in total. The van der Waals surface area contributed by atoms with Gasteiger partial charge in [0.25, 0.3) is 5.91 Å². The molecular weight excluding hydrogens is 460 g/mol. The molecule has 2 aliphatic rings. The summed E-state index contributed by atoms with van der Waals surface area (Å²) in [5.41, 5.74) is 0.760. The van der Waals surface area contributed by atoms with Gasteiger partial charge in [-0.25, -0.2) is 4.79 Å². The number of esters is 1. The van der Waals surface area contributed by atoms with Gasteiger partial charge in [0.1, 0.15) is 22.7 Å². The van der Waals surface area contributed by atoms with E-state index in [1.165, 1.54) is 4.90 Å². The van der Waals surface area contributed by atoms with E-state index in [9.17, 15) is 18.6 Å². The molecule has 0 bridgehead atoms. The largest absolute Gasteiger partial charge is 0.455 e. The first-order valence-corrected chi connectivity index (χ1v) is 11.7. The van der Waals surface area contributed by atoms with Gasteiger partial charge in [0.15, 0.2) is 0 Å². The molecule has 9 heteroatoms. The molecule has 1 aromatic carbocycles. The van der Waals surface area contributed by atoms with Crippen molar-refractivity contribution < 1.29 is 23.3 Å². The van der Waals surface area contributed by atoms with E-state index in [0.717, 1.165) is 5.56 Å². The molecule has 3 atom stereocenters. The lowest BCUT2D eigenvalue weighted by Gasteiger charge is -2.49. The van der Waals surface area contributed by atoms with E-state index >= 15 is 0 Å². The first-order chi connectivity index (χ1) is 13.6. The van der Waals surface area contributed by atoms with Crippen LogP contribution < -0.4 is 5.32 Å². The average Bonchev–Trinajstić information content (AvgIpc) is 2.64. The number of rotatable bonds is 5. The van der Waals surface area contributed by atoms with Crippen LogP contribution in [0.2, 0.25) is 0 Å². The first-order valence-electron chi connectivity index (χ1n) is 9.17. The second kappa shape index (κ2) is 8.39. The number of carbonyl (C=O) groups excluding carboxylic acids is 3. The molecule has 2 unspecified atom stereocenters. The van der Waals surface area contributed by atoms with Gasteiger partial charge >= 0.3 is 5.97 Å². The van der Waals surface area contributed by atoms with Crippen molar-refractivity contribution >= 4 is 44.5 Å². The SMILES string of the molecule is CC(C)(C)OC(=O)C1=C(CBr)CS(=O)[C@@H]2C(NC(=O)Cc3ccccc3)C(=O)N12. The Hall–Kier alpha value is -2.00. The number of hydrogen-bond acceptors (Lipinski definition) is 5. The zero-order valence-electron chi connectivity index (χ0n) is 16.4. The quantitative estimate of drug-likeness (QED) is 0.391. The minimum absolute atomic E-state index is 0.116. The number of nitrogens with one attached hydrogen (secondary N) is 1. The van der Waals surface area contributed by atoms with Crippen molar-refractivity contribution in [1.82, 2.24) is 10.2 Å². The van der Waals surface area contributed by atoms with Gasteiger partial charge in [0.2, 0.25) is 5.91 Å². The molecule has 1 N–H and O–H groups in total. The predicted octanol–water partition coefficient (Wildman–Crippen LogP) is 1.64. The third-order valence-corrected chi connectivity index (χ3v) is 6.81. The maximum absolute atomic E-state index is 12.8. The van der Waals surface area contributed by atoms with Crippen molar-refractivity contribution in [3.8, 4) is 0 Å². The van der Waals surface area contributed by atoms with Crippen LogP contribution in [0.15, 0.2) is 41.6 Å². The molecule has 2 amide bonds. The van der Waals surface area contributed by atoms with Gasteiger partial charge < -0.3 is 10.1 Å². The topological polar surface area (TPSA) is 92.8 Å². The van der Waals surface area contributed by atoms with Crippen molar-refractivity contribution in [2.75, 3.05) is 11.1 Å². The van der Waals surface area contributed by atoms with Crippen LogP contribution in [0.4, 0.5) is 0 Å². The van der Waals surface area contributed by atoms with Gasteiger partial charge in [0, 0.05) is 5.33 Å². The van der Waals surface area contributed by atoms with Crippen molar-refractivity contribution in [1.29, 1.82) is 0 Å². The van der Waals surface area contributed by atoms with Crippen LogP contribution in [-0.4, -0.2) is 55.0 Å². The Labute approximate surface area is 180 Å². The molecule has 156 valence electrons. The highest BCUT2D eigenvalue weighted by Crippen LogP contribution is 2.36. The minimum atomic E-state index is -1.44. The lowest BCUT2D eigenvalue weighted by molar-refractivity contribution is -0.159. The fraction of sp³-hybridized carbons (Fsp3) is 0.450. The molecule has 2 aliphatic heterocycles. The number of amides is 2. The number of alkyl halides is 1. The summed E-state index contributed by atoms with van der Waals surface area (Å²) < 4.78 is 18.2. The number of β-lactam (4-membered cyclic amide) rings is 1. The van der Waals surface area contributed by atoms with Gasteiger partial charge in [-0.2, -0.15) is 0 Å². The third-order valence-electron chi connectivity index (χ3n) is 4.48. The summed E-state index contributed by atoms with van der Waals surface area (Å²) >= 11 is 3.30. The highest BCUT2D eigenvalue weighted by atomic mass is 79.9. The summed E-state index contributed by atoms with van der Waals surface area (Å²) in [7, 11) is -1.44. The zero-order valence-corrected chi connectivity index (χ0v) is 18.8. The molecular formula is C20H23BrN2O5S. The van der Waals surface area contributed by atoms with Crippen LogP contribution in [0.25, 0.3) is 0 Å². The summed E-state index contributed by atoms with van der Waals surface area (Å²) in [5.74, 6) is -1.28. The zero-order chi connectivity index (χ0) is 21.3. The number of hydrogen-bond donors (Lipinski definition) is 1. The van der Waals surface area contributed by atoms with Crippen LogP contribution >= 0.6 is 15.9 Å². The van der Waals surface area contributed by atoms with Gasteiger partial charge in [-0.05, 0) is 31.9 Å². The van der Waals surface area contributed by atoms with Crippen LogP contribution in [0.5, 0.6) is 0 Å². The number of nitrogens with zero attached hydrogens (tertiary/aromatic N) is 1. The second-order valence-electron chi connectivity index (χ2n) is 7.92. The number of fused-ring (bicyclic) bond motifs is 1. The molecule has 0 aliphatic carbocycles. The lowest BCUT2D eigenvalue weighted by Crippen LogP contribution is -2.73. The fourth-order valence-corrected chi connectivity index (χ4v) is 5.69. The summed E-state index contributed by atoms with van der Waals surface area (Å²) in [6.07, 6.45) is 0.116. The fourth-order valence-electron chi connectivity index (χ4n) is 3.28. The Balaban J connectivity index is 1.78. The Morgan fingerprint density at radius 3 is 2.52 bits per heavy atom. The maximum atomic E-state index is 12.8. The van der Waals surface area contributed by atoms with Gasteiger partial charge in [0.05, 0.1) is 23.0 Å². The smallest absolute Gasteiger partial charge is 0.355 e. The van der Waals surface area contributed by atoms with E-state index in [4.69, 9.17) is 4.74 Å². The van der Waals surface area contributed by atoms with Gasteiger partial charge in [-0.3, -0.25) is 18.7 Å². The Morgan fingerprint density at radius 1 is 1.28 bits per heavy atom. The molecule has 2 heterocycles. The van der Waals surface area contributed by atoms with Crippen LogP contribution in [0.3, 0.4) is 0 Å². The molecule has 0 radical (unpaired) electrons. The highest BCUT2D eigenvalue weighted by molar-refractivity contribution is 9.09. The van der Waals surface area contributed by atoms with E-state index in [-0.39, 0.29) is 23.8 Å². The minimum Gasteiger partial charge on any atom is -0.455 e. The van der Waals surface area contributed by atoms with Gasteiger partial charge in [-0.1, -0.05) is 46.3 Å². The summed E-state index contributed by atoms with van der Waals surface area (Å²) in [5, 5.41) is 2.20. The van der Waals surface area contributed by atoms with Crippen LogP contribution in [-0.2, 0) is 36.3 Å². The van der Waals surface area contributed by atoms with E-state index in [1.54, 1.807) is 20.8 Å². The maximum Gasteiger partial charge on any atom is 0.355 e. The standard InChI is InChI=1S/C20H23BrN2O5S/c1-20(2,3)28-19(26)16-13(10-21)11-29(27)18-15(17(25)23(16)18)22-14(24)9-12-7-5-4-6-8-12/h4-8,15,18H,9-11H2,1-3H3,(H,22,24)/t15?,18-,29?/m1/s1. The monoisotopic (exact) mass is 482 g/mol. The Bertz CT molecular complexity index is 894. The highest BCUT2D eigenvalue weighted by Gasteiger charge is 2.57. The van der Waals surface area contributed by atoms with Crippen LogP contribution in [0.1, 0.15) is 26.3 Å². The second-order valence-corrected chi connectivity index (χ2v) is 10.0. The van der Waals surface area contributed by atoms with Crippen molar-refractivity contribution in [3.05, 3.63) is 47.2 Å². The van der Waals surface area contributed by atoms with Crippen molar-refractivity contribution in [2.24, 2.45) is 0 Å². The Morgan fingerprint density at radius 2 is 1.93 bits per heavy atom. The molecule has 0 aromatic heterocycles. The van der Waals surface area contributed by atoms with E-state index in [1.807, 2.05) is 30.3 Å². The summed E-state index contributed by atoms with van der Waals surface area (Å²) in [6.45, 7) is 5.22. The summed E-state index contributed by atoms with van der Waals surface area (Å²) in [6, 6.07) is 8.23. The number of ether oxygens (including phenoxy) is 1. The third kappa shape index (κ3) is 4.61. The van der Waals surface area contributed by atoms with E-state index < -0.39 is 39.7 Å². The first kappa shape index (κ1) is 21.7. The normalized spacial score (nSPS) is 23.9. The number of benzene rings is 1. The molecule has 0 saturated carbocycles. The molecule has 29 heavy (non-hydrogen) atoms. The van der Waals surface area contributed by atoms with Crippen molar-refractivity contribution in [2.45, 2.75) is 44.2 Å².